The van der Waals surface area contributed by atoms with Crippen LogP contribution < -0.4 is 10.7 Å². The number of carbonyl (C=O) groups excluding carboxylic acids is 1. The van der Waals surface area contributed by atoms with Crippen molar-refractivity contribution in [1.82, 2.24) is 0 Å². The standard InChI is InChI=1S/C18H15Cl2NO2/c1-2-21-16-6-4-3-5-13(18(16)23)17(22)10-8-12-7-9-14(19)15(20)11-12/h3-11H,2H2,1H3,(H,21,23)/b10-8+. The molecular formula is C18H15Cl2NO2. The van der Waals surface area contributed by atoms with Gasteiger partial charge in [0.25, 0.3) is 0 Å². The lowest BCUT2D eigenvalue weighted by molar-refractivity contribution is 0.104. The van der Waals surface area contributed by atoms with E-state index in [1.54, 1.807) is 42.5 Å². The highest BCUT2D eigenvalue weighted by Crippen LogP contribution is 2.23. The summed E-state index contributed by atoms with van der Waals surface area (Å²) in [6.45, 7) is 2.49. The van der Waals surface area contributed by atoms with Gasteiger partial charge in [0.05, 0.1) is 21.3 Å². The van der Waals surface area contributed by atoms with Gasteiger partial charge in [0.2, 0.25) is 5.43 Å². The Bertz CT molecular complexity index is 816. The average Bonchev–Trinajstić information content (AvgIpc) is 2.71. The van der Waals surface area contributed by atoms with E-state index in [9.17, 15) is 9.59 Å². The topological polar surface area (TPSA) is 46.2 Å². The van der Waals surface area contributed by atoms with Gasteiger partial charge in [0.15, 0.2) is 5.78 Å². The number of hydrogen-bond donors (Lipinski definition) is 1. The molecule has 0 aliphatic carbocycles. The predicted octanol–water partition coefficient (Wildman–Crippen LogP) is 4.68. The van der Waals surface area contributed by atoms with E-state index in [4.69, 9.17) is 23.2 Å². The molecule has 0 aliphatic rings. The molecule has 0 fully saturated rings. The minimum atomic E-state index is -0.364. The van der Waals surface area contributed by atoms with Crippen molar-refractivity contribution in [3.05, 3.63) is 79.9 Å². The quantitative estimate of drug-likeness (QED) is 0.630. The second-order valence-corrected chi connectivity index (χ2v) is 5.59. The Morgan fingerprint density at radius 2 is 1.87 bits per heavy atom. The molecule has 0 aliphatic heterocycles. The summed E-state index contributed by atoms with van der Waals surface area (Å²) in [5.41, 5.74) is 0.930. The number of hydrogen-bond acceptors (Lipinski definition) is 3. The van der Waals surface area contributed by atoms with Crippen molar-refractivity contribution in [3.8, 4) is 0 Å². The van der Waals surface area contributed by atoms with E-state index < -0.39 is 0 Å². The van der Waals surface area contributed by atoms with Gasteiger partial charge in [-0.05, 0) is 42.8 Å². The Morgan fingerprint density at radius 1 is 1.13 bits per heavy atom. The number of carbonyl (C=O) groups is 1. The van der Waals surface area contributed by atoms with Crippen LogP contribution in [0.2, 0.25) is 10.0 Å². The van der Waals surface area contributed by atoms with Crippen LogP contribution in [0.5, 0.6) is 0 Å². The van der Waals surface area contributed by atoms with E-state index in [2.05, 4.69) is 5.32 Å². The zero-order chi connectivity index (χ0) is 16.8. The molecule has 23 heavy (non-hydrogen) atoms. The SMILES string of the molecule is CCNc1ccccc(C(=O)/C=C/c2ccc(Cl)c(Cl)c2)c1=O. The van der Waals surface area contributed by atoms with Crippen LogP contribution in [0, 0.1) is 0 Å². The molecule has 0 unspecified atom stereocenters. The van der Waals surface area contributed by atoms with Gasteiger partial charge >= 0.3 is 0 Å². The van der Waals surface area contributed by atoms with E-state index >= 15 is 0 Å². The molecule has 118 valence electrons. The second-order valence-electron chi connectivity index (χ2n) is 4.78. The van der Waals surface area contributed by atoms with Gasteiger partial charge < -0.3 is 5.32 Å². The van der Waals surface area contributed by atoms with Gasteiger partial charge in [-0.25, -0.2) is 0 Å². The number of ketones is 1. The first-order valence-corrected chi connectivity index (χ1v) is 7.83. The number of allylic oxidation sites excluding steroid dienone is 1. The van der Waals surface area contributed by atoms with Crippen LogP contribution in [0.25, 0.3) is 6.08 Å². The highest BCUT2D eigenvalue weighted by Gasteiger charge is 2.09. The van der Waals surface area contributed by atoms with Crippen LogP contribution >= 0.6 is 23.2 Å². The maximum absolute atomic E-state index is 12.4. The molecule has 2 aromatic carbocycles. The van der Waals surface area contributed by atoms with Crippen molar-refractivity contribution >= 4 is 40.7 Å². The summed E-state index contributed by atoms with van der Waals surface area (Å²) < 4.78 is 0. The Balaban J connectivity index is 2.32. The maximum Gasteiger partial charge on any atom is 0.212 e. The highest BCUT2D eigenvalue weighted by molar-refractivity contribution is 6.42. The third kappa shape index (κ3) is 4.44. The number of rotatable bonds is 5. The van der Waals surface area contributed by atoms with Crippen molar-refractivity contribution in [2.24, 2.45) is 0 Å². The van der Waals surface area contributed by atoms with Gasteiger partial charge in [0, 0.05) is 6.54 Å². The summed E-state index contributed by atoms with van der Waals surface area (Å²) in [5.74, 6) is -0.364. The number of benzene rings is 1. The lowest BCUT2D eigenvalue weighted by Gasteiger charge is -1.99. The predicted molar refractivity (Wildman–Crippen MR) is 96.7 cm³/mol. The van der Waals surface area contributed by atoms with Gasteiger partial charge in [0.1, 0.15) is 0 Å². The summed E-state index contributed by atoms with van der Waals surface area (Å²) in [7, 11) is 0. The monoisotopic (exact) mass is 347 g/mol. The molecule has 0 saturated heterocycles. The molecule has 0 spiro atoms. The van der Waals surface area contributed by atoms with Gasteiger partial charge in [-0.1, -0.05) is 47.5 Å². The summed E-state index contributed by atoms with van der Waals surface area (Å²) >= 11 is 11.8. The average molecular weight is 348 g/mol. The van der Waals surface area contributed by atoms with E-state index in [1.807, 2.05) is 6.92 Å². The van der Waals surface area contributed by atoms with Gasteiger partial charge in [-0.2, -0.15) is 0 Å². The van der Waals surface area contributed by atoms with Gasteiger partial charge in [-0.15, -0.1) is 0 Å². The van der Waals surface area contributed by atoms with Crippen molar-refractivity contribution in [2.45, 2.75) is 6.92 Å². The molecule has 0 radical (unpaired) electrons. The third-order valence-corrected chi connectivity index (χ3v) is 3.87. The van der Waals surface area contributed by atoms with Crippen molar-refractivity contribution in [3.63, 3.8) is 0 Å². The van der Waals surface area contributed by atoms with E-state index in [-0.39, 0.29) is 16.8 Å². The molecule has 3 nitrogen and oxygen atoms in total. The Kier molecular flexibility index (Phi) is 5.97. The Hall–Kier alpha value is -2.10. The lowest BCUT2D eigenvalue weighted by atomic mass is 10.1. The van der Waals surface area contributed by atoms with E-state index in [0.717, 1.165) is 5.56 Å². The molecule has 0 amide bonds. The fourth-order valence-corrected chi connectivity index (χ4v) is 2.31. The molecule has 0 bridgehead atoms. The molecule has 0 saturated carbocycles. The minimum Gasteiger partial charge on any atom is -0.382 e. The largest absolute Gasteiger partial charge is 0.382 e. The van der Waals surface area contributed by atoms with Crippen LogP contribution in [0.1, 0.15) is 22.8 Å². The molecule has 5 heteroatoms. The molecule has 1 N–H and O–H groups in total. The summed E-state index contributed by atoms with van der Waals surface area (Å²) in [6, 6.07) is 11.6. The number of anilines is 1. The normalized spacial score (nSPS) is 10.7. The van der Waals surface area contributed by atoms with Crippen molar-refractivity contribution in [1.29, 1.82) is 0 Å². The highest BCUT2D eigenvalue weighted by atomic mass is 35.5. The third-order valence-electron chi connectivity index (χ3n) is 3.13. The number of halogens is 2. The first-order chi connectivity index (χ1) is 11.0. The zero-order valence-corrected chi connectivity index (χ0v) is 14.0. The molecule has 2 rings (SSSR count). The smallest absolute Gasteiger partial charge is 0.212 e. The van der Waals surface area contributed by atoms with E-state index in [1.165, 1.54) is 12.1 Å². The molecule has 2 aromatic rings. The van der Waals surface area contributed by atoms with Gasteiger partial charge in [-0.3, -0.25) is 9.59 Å². The van der Waals surface area contributed by atoms with Crippen molar-refractivity contribution < 1.29 is 4.79 Å². The first-order valence-electron chi connectivity index (χ1n) is 7.07. The Labute approximate surface area is 144 Å². The molecule has 0 heterocycles. The van der Waals surface area contributed by atoms with Crippen LogP contribution in [-0.2, 0) is 0 Å². The van der Waals surface area contributed by atoms with Crippen LogP contribution in [-0.4, -0.2) is 12.3 Å². The van der Waals surface area contributed by atoms with E-state index in [0.29, 0.717) is 22.3 Å². The van der Waals surface area contributed by atoms with Crippen LogP contribution in [0.4, 0.5) is 5.69 Å². The fourth-order valence-electron chi connectivity index (χ4n) is 2.00. The second kappa shape index (κ2) is 7.95. The summed E-state index contributed by atoms with van der Waals surface area (Å²) in [6.07, 6.45) is 2.95. The Morgan fingerprint density at radius 3 is 2.57 bits per heavy atom. The summed E-state index contributed by atoms with van der Waals surface area (Å²) in [5, 5.41) is 3.81. The number of nitrogens with one attached hydrogen (secondary N) is 1. The van der Waals surface area contributed by atoms with Crippen LogP contribution in [0.15, 0.2) is 53.3 Å². The van der Waals surface area contributed by atoms with Crippen molar-refractivity contribution in [2.75, 3.05) is 11.9 Å². The first kappa shape index (κ1) is 17.3. The maximum atomic E-state index is 12.4. The lowest BCUT2D eigenvalue weighted by Crippen LogP contribution is -2.15. The van der Waals surface area contributed by atoms with Crippen LogP contribution in [0.3, 0.4) is 0 Å². The molecular weight excluding hydrogens is 333 g/mol. The fraction of sp³-hybridized carbons (Fsp3) is 0.111. The minimum absolute atomic E-state index is 0.113. The summed E-state index contributed by atoms with van der Waals surface area (Å²) in [4.78, 5) is 24.7. The molecule has 0 atom stereocenters. The zero-order valence-electron chi connectivity index (χ0n) is 12.5. The molecule has 0 aromatic heterocycles.